The van der Waals surface area contributed by atoms with E-state index in [1.807, 2.05) is 6.92 Å². The second kappa shape index (κ2) is 7.17. The lowest BCUT2D eigenvalue weighted by Gasteiger charge is -2.40. The number of piperidine rings is 1. The van der Waals surface area contributed by atoms with E-state index in [0.717, 1.165) is 45.3 Å². The summed E-state index contributed by atoms with van der Waals surface area (Å²) in [4.78, 5) is 2.30. The van der Waals surface area contributed by atoms with Gasteiger partial charge in [-0.2, -0.15) is 17.0 Å². The molecule has 0 aromatic carbocycles. The van der Waals surface area contributed by atoms with E-state index < -0.39 is 10.2 Å². The van der Waals surface area contributed by atoms with Gasteiger partial charge in [0, 0.05) is 38.8 Å². The fourth-order valence-electron chi connectivity index (χ4n) is 3.06. The molecule has 2 saturated heterocycles. The molecule has 118 valence electrons. The normalized spacial score (nSPS) is 27.8. The van der Waals surface area contributed by atoms with Crippen LogP contribution in [0.2, 0.25) is 0 Å². The van der Waals surface area contributed by atoms with Crippen molar-refractivity contribution in [1.82, 2.24) is 13.5 Å². The van der Waals surface area contributed by atoms with Gasteiger partial charge in [0.1, 0.15) is 0 Å². The molecular weight excluding hydrogens is 276 g/mol. The lowest BCUT2D eigenvalue weighted by molar-refractivity contribution is 0.171. The molecule has 0 aromatic rings. The van der Waals surface area contributed by atoms with E-state index >= 15 is 0 Å². The van der Waals surface area contributed by atoms with Gasteiger partial charge in [0.2, 0.25) is 0 Å². The molecule has 0 radical (unpaired) electrons. The van der Waals surface area contributed by atoms with Crippen molar-refractivity contribution >= 4 is 10.2 Å². The minimum atomic E-state index is -3.26. The van der Waals surface area contributed by atoms with Gasteiger partial charge in [0.25, 0.3) is 10.2 Å². The molecule has 2 N–H and O–H groups in total. The molecule has 0 amide bonds. The van der Waals surface area contributed by atoms with Crippen LogP contribution in [0.15, 0.2) is 0 Å². The summed E-state index contributed by atoms with van der Waals surface area (Å²) in [5.74, 6) is 0. The Morgan fingerprint density at radius 3 is 2.40 bits per heavy atom. The number of rotatable bonds is 5. The van der Waals surface area contributed by atoms with Crippen molar-refractivity contribution in [3.8, 4) is 0 Å². The summed E-state index contributed by atoms with van der Waals surface area (Å²) in [6, 6.07) is 0.143. The summed E-state index contributed by atoms with van der Waals surface area (Å²) in [6.07, 6.45) is 4.09. The van der Waals surface area contributed by atoms with Crippen LogP contribution in [0.5, 0.6) is 0 Å². The topological polar surface area (TPSA) is 69.9 Å². The van der Waals surface area contributed by atoms with E-state index in [-0.39, 0.29) is 6.04 Å². The summed E-state index contributed by atoms with van der Waals surface area (Å²) in [7, 11) is -3.26. The highest BCUT2D eigenvalue weighted by atomic mass is 32.2. The minimum Gasteiger partial charge on any atom is -0.330 e. The third-order valence-corrected chi connectivity index (χ3v) is 6.53. The average molecular weight is 304 g/mol. The fourth-order valence-corrected chi connectivity index (χ4v) is 4.90. The number of piperazine rings is 1. The van der Waals surface area contributed by atoms with Gasteiger partial charge < -0.3 is 10.6 Å². The predicted molar refractivity (Wildman–Crippen MR) is 80.6 cm³/mol. The molecule has 2 aliphatic heterocycles. The van der Waals surface area contributed by atoms with Crippen LogP contribution in [0.3, 0.4) is 0 Å². The minimum absolute atomic E-state index is 0.143. The van der Waals surface area contributed by atoms with Crippen LogP contribution in [0.25, 0.3) is 0 Å². The van der Waals surface area contributed by atoms with Gasteiger partial charge in [0.15, 0.2) is 0 Å². The highest BCUT2D eigenvalue weighted by molar-refractivity contribution is 7.86. The van der Waals surface area contributed by atoms with Crippen LogP contribution in [0.1, 0.15) is 32.6 Å². The number of hydrogen-bond acceptors (Lipinski definition) is 4. The second-order valence-electron chi connectivity index (χ2n) is 5.85. The van der Waals surface area contributed by atoms with Gasteiger partial charge in [-0.3, -0.25) is 0 Å². The number of nitrogens with zero attached hydrogens (tertiary/aromatic N) is 3. The van der Waals surface area contributed by atoms with E-state index in [1.54, 1.807) is 8.61 Å². The Morgan fingerprint density at radius 2 is 1.80 bits per heavy atom. The highest BCUT2D eigenvalue weighted by Crippen LogP contribution is 2.23. The second-order valence-corrected chi connectivity index (χ2v) is 7.73. The van der Waals surface area contributed by atoms with Gasteiger partial charge in [-0.05, 0) is 39.3 Å². The van der Waals surface area contributed by atoms with Gasteiger partial charge in [0.05, 0.1) is 0 Å². The molecule has 2 aliphatic rings. The first-order valence-corrected chi connectivity index (χ1v) is 9.14. The van der Waals surface area contributed by atoms with E-state index in [2.05, 4.69) is 4.90 Å². The third-order valence-electron chi connectivity index (χ3n) is 4.37. The maximum atomic E-state index is 12.7. The maximum Gasteiger partial charge on any atom is 0.282 e. The number of hydrogen-bond donors (Lipinski definition) is 1. The van der Waals surface area contributed by atoms with Crippen LogP contribution < -0.4 is 5.73 Å². The predicted octanol–water partition coefficient (Wildman–Crippen LogP) is 0.0720. The molecular formula is C13H28N4O2S. The monoisotopic (exact) mass is 304 g/mol. The molecule has 0 aliphatic carbocycles. The van der Waals surface area contributed by atoms with Crippen LogP contribution in [0.4, 0.5) is 0 Å². The SMILES string of the molecule is CC1CCCCN1S(=O)(=O)N1CCN(CCCN)CC1. The Hall–Kier alpha value is -0.210. The Kier molecular flexibility index (Phi) is 5.80. The first-order chi connectivity index (χ1) is 9.55. The quantitative estimate of drug-likeness (QED) is 0.780. The van der Waals surface area contributed by atoms with Gasteiger partial charge in [-0.25, -0.2) is 0 Å². The van der Waals surface area contributed by atoms with Crippen molar-refractivity contribution < 1.29 is 8.42 Å². The molecule has 2 fully saturated rings. The molecule has 0 bridgehead atoms. The van der Waals surface area contributed by atoms with Gasteiger partial charge >= 0.3 is 0 Å². The highest BCUT2D eigenvalue weighted by Gasteiger charge is 2.35. The first-order valence-electron chi connectivity index (χ1n) is 7.75. The van der Waals surface area contributed by atoms with Crippen molar-refractivity contribution in [3.63, 3.8) is 0 Å². The summed E-state index contributed by atoms with van der Waals surface area (Å²) < 4.78 is 28.7. The summed E-state index contributed by atoms with van der Waals surface area (Å²) in [5, 5.41) is 0. The zero-order valence-corrected chi connectivity index (χ0v) is 13.3. The Labute approximate surface area is 123 Å². The molecule has 2 heterocycles. The molecule has 20 heavy (non-hydrogen) atoms. The third kappa shape index (κ3) is 3.71. The van der Waals surface area contributed by atoms with Crippen molar-refractivity contribution in [2.24, 2.45) is 5.73 Å². The number of nitrogens with two attached hydrogens (primary N) is 1. The van der Waals surface area contributed by atoms with Crippen molar-refractivity contribution in [3.05, 3.63) is 0 Å². The maximum absolute atomic E-state index is 12.7. The van der Waals surface area contributed by atoms with Crippen molar-refractivity contribution in [2.45, 2.75) is 38.6 Å². The lowest BCUT2D eigenvalue weighted by Crippen LogP contribution is -2.55. The largest absolute Gasteiger partial charge is 0.330 e. The summed E-state index contributed by atoms with van der Waals surface area (Å²) in [5.41, 5.74) is 5.52. The Morgan fingerprint density at radius 1 is 1.10 bits per heavy atom. The van der Waals surface area contributed by atoms with Crippen LogP contribution in [-0.4, -0.2) is 73.8 Å². The molecule has 0 saturated carbocycles. The smallest absolute Gasteiger partial charge is 0.282 e. The first kappa shape index (κ1) is 16.2. The molecule has 6 nitrogen and oxygen atoms in total. The van der Waals surface area contributed by atoms with E-state index in [9.17, 15) is 8.42 Å². The molecule has 1 unspecified atom stereocenters. The zero-order chi connectivity index (χ0) is 14.6. The van der Waals surface area contributed by atoms with E-state index in [4.69, 9.17) is 5.73 Å². The lowest BCUT2D eigenvalue weighted by atomic mass is 10.1. The van der Waals surface area contributed by atoms with Gasteiger partial charge in [-0.15, -0.1) is 0 Å². The molecule has 0 aromatic heterocycles. The van der Waals surface area contributed by atoms with Gasteiger partial charge in [-0.1, -0.05) is 6.42 Å². The molecule has 1 atom stereocenters. The van der Waals surface area contributed by atoms with Crippen LogP contribution >= 0.6 is 0 Å². The Bertz CT molecular complexity index is 393. The Balaban J connectivity index is 1.91. The van der Waals surface area contributed by atoms with Crippen LogP contribution in [-0.2, 0) is 10.2 Å². The summed E-state index contributed by atoms with van der Waals surface area (Å²) >= 11 is 0. The zero-order valence-electron chi connectivity index (χ0n) is 12.5. The molecule has 2 rings (SSSR count). The van der Waals surface area contributed by atoms with Crippen molar-refractivity contribution in [2.75, 3.05) is 45.8 Å². The van der Waals surface area contributed by atoms with Crippen LogP contribution in [0, 0.1) is 0 Å². The fraction of sp³-hybridized carbons (Fsp3) is 1.00. The summed E-state index contributed by atoms with van der Waals surface area (Å²) in [6.45, 7) is 7.23. The molecule has 0 spiro atoms. The van der Waals surface area contributed by atoms with Crippen molar-refractivity contribution in [1.29, 1.82) is 0 Å². The van der Waals surface area contributed by atoms with E-state index in [0.29, 0.717) is 26.2 Å². The molecule has 7 heteroatoms. The van der Waals surface area contributed by atoms with E-state index in [1.165, 1.54) is 0 Å². The average Bonchev–Trinajstić information content (AvgIpc) is 2.46. The standard InChI is InChI=1S/C13H28N4O2S/c1-13-5-2-3-8-17(13)20(18,19)16-11-9-15(10-12-16)7-4-6-14/h13H,2-12,14H2,1H3.